The summed E-state index contributed by atoms with van der Waals surface area (Å²) in [5.74, 6) is -0.571. The lowest BCUT2D eigenvalue weighted by Gasteiger charge is -2.04. The highest BCUT2D eigenvalue weighted by molar-refractivity contribution is 7.16. The van der Waals surface area contributed by atoms with E-state index in [-0.39, 0.29) is 11.7 Å². The summed E-state index contributed by atoms with van der Waals surface area (Å²) in [4.78, 5) is 30.5. The van der Waals surface area contributed by atoms with Crippen molar-refractivity contribution in [2.45, 2.75) is 20.3 Å². The molecule has 0 fully saturated rings. The number of carbonyl (C=O) groups is 2. The number of nitrogens with zero attached hydrogens (tertiary/aromatic N) is 2. The second kappa shape index (κ2) is 11.5. The van der Waals surface area contributed by atoms with E-state index in [4.69, 9.17) is 11.6 Å². The van der Waals surface area contributed by atoms with Crippen LogP contribution in [0, 0.1) is 6.92 Å². The number of thiophene rings is 2. The Bertz CT molecular complexity index is 1430. The number of amides is 2. The lowest BCUT2D eigenvalue weighted by Crippen LogP contribution is -2.24. The molecule has 7 nitrogen and oxygen atoms in total. The van der Waals surface area contributed by atoms with Gasteiger partial charge in [-0.05, 0) is 73.4 Å². The third kappa shape index (κ3) is 5.99. The Morgan fingerprint density at radius 2 is 1.81 bits per heavy atom. The van der Waals surface area contributed by atoms with E-state index in [1.807, 2.05) is 31.2 Å². The summed E-state index contributed by atoms with van der Waals surface area (Å²) in [6.07, 6.45) is 4.12. The maximum Gasteiger partial charge on any atom is 0.281 e. The van der Waals surface area contributed by atoms with Crippen LogP contribution < -0.4 is 10.7 Å². The van der Waals surface area contributed by atoms with E-state index in [9.17, 15) is 14.7 Å². The normalized spacial score (nSPS) is 11.4. The SMILES string of the molecule is C/C(=N\NC(=O)c1ccc(C(=O)NCCc2ccncc2)s1)c1csc(-c2ccc(Cl)c(C)c2)c1O. The summed E-state index contributed by atoms with van der Waals surface area (Å²) < 4.78 is 0. The van der Waals surface area contributed by atoms with E-state index in [2.05, 4.69) is 20.8 Å². The molecule has 2 amide bonds. The van der Waals surface area contributed by atoms with E-state index < -0.39 is 5.91 Å². The Kier molecular flexibility index (Phi) is 8.14. The van der Waals surface area contributed by atoms with Gasteiger partial charge >= 0.3 is 0 Å². The molecular weight excluding hydrogens is 516 g/mol. The molecule has 0 spiro atoms. The fourth-order valence-electron chi connectivity index (χ4n) is 3.39. The molecule has 0 atom stereocenters. The quantitative estimate of drug-likeness (QED) is 0.199. The van der Waals surface area contributed by atoms with E-state index in [1.54, 1.807) is 42.9 Å². The molecule has 3 aromatic heterocycles. The number of pyridine rings is 1. The number of aryl methyl sites for hydroxylation is 1. The molecular formula is C26H23ClN4O3S2. The maximum atomic E-state index is 12.6. The zero-order valence-electron chi connectivity index (χ0n) is 19.5. The van der Waals surface area contributed by atoms with Crippen LogP contribution in [-0.4, -0.2) is 34.2 Å². The van der Waals surface area contributed by atoms with Gasteiger partial charge in [0.05, 0.1) is 25.9 Å². The lowest BCUT2D eigenvalue weighted by molar-refractivity contribution is 0.0951. The number of aromatic hydroxyl groups is 1. The fraction of sp³-hybridized carbons (Fsp3) is 0.154. The summed E-state index contributed by atoms with van der Waals surface area (Å²) in [7, 11) is 0. The molecule has 3 N–H and O–H groups in total. The minimum absolute atomic E-state index is 0.0964. The van der Waals surface area contributed by atoms with Crippen molar-refractivity contribution < 1.29 is 14.7 Å². The minimum atomic E-state index is -0.432. The van der Waals surface area contributed by atoms with Gasteiger partial charge in [0, 0.05) is 29.3 Å². The smallest absolute Gasteiger partial charge is 0.281 e. The average Bonchev–Trinajstić information content (AvgIpc) is 3.52. The van der Waals surface area contributed by atoms with Gasteiger partial charge in [-0.15, -0.1) is 22.7 Å². The minimum Gasteiger partial charge on any atom is -0.506 e. The molecule has 1 aromatic carbocycles. The van der Waals surface area contributed by atoms with Crippen LogP contribution in [0.1, 0.15) is 43.0 Å². The van der Waals surface area contributed by atoms with Gasteiger partial charge in [-0.2, -0.15) is 5.10 Å². The number of carbonyl (C=O) groups excluding carboxylic acids is 2. The molecule has 0 saturated carbocycles. The number of halogens is 1. The van der Waals surface area contributed by atoms with Gasteiger partial charge in [0.25, 0.3) is 11.8 Å². The van der Waals surface area contributed by atoms with Gasteiger partial charge in [0.15, 0.2) is 0 Å². The standard InChI is InChI=1S/C26H23ClN4O3S2/c1-15-13-18(3-4-20(15)27)24-23(32)19(14-35-24)16(2)30-31-26(34)22-6-5-21(36-22)25(33)29-12-9-17-7-10-28-11-8-17/h3-8,10-11,13-14,32H,9,12H2,1-2H3,(H,29,33)(H,31,34)/b30-16+. The monoisotopic (exact) mass is 538 g/mol. The van der Waals surface area contributed by atoms with Crippen LogP contribution in [0.4, 0.5) is 0 Å². The highest BCUT2D eigenvalue weighted by Gasteiger charge is 2.17. The third-order valence-corrected chi connectivity index (χ3v) is 7.93. The Morgan fingerprint density at radius 1 is 1.08 bits per heavy atom. The third-order valence-electron chi connectivity index (χ3n) is 5.40. The van der Waals surface area contributed by atoms with Gasteiger partial charge in [-0.3, -0.25) is 14.6 Å². The van der Waals surface area contributed by atoms with Gasteiger partial charge in [-0.25, -0.2) is 5.43 Å². The highest BCUT2D eigenvalue weighted by Crippen LogP contribution is 2.39. The molecule has 0 bridgehead atoms. The van der Waals surface area contributed by atoms with Gasteiger partial charge < -0.3 is 10.4 Å². The molecule has 0 saturated heterocycles. The summed E-state index contributed by atoms with van der Waals surface area (Å²) in [5, 5.41) is 20.2. The van der Waals surface area contributed by atoms with Gasteiger partial charge in [-0.1, -0.05) is 17.7 Å². The highest BCUT2D eigenvalue weighted by atomic mass is 35.5. The Labute approximate surface area is 221 Å². The first kappa shape index (κ1) is 25.6. The number of nitrogens with one attached hydrogen (secondary N) is 2. The Balaban J connectivity index is 1.36. The van der Waals surface area contributed by atoms with Crippen molar-refractivity contribution in [3.05, 3.63) is 91.7 Å². The molecule has 0 aliphatic heterocycles. The lowest BCUT2D eigenvalue weighted by atomic mass is 10.1. The summed E-state index contributed by atoms with van der Waals surface area (Å²) in [6.45, 7) is 4.09. The topological polar surface area (TPSA) is 104 Å². The number of hydrogen-bond donors (Lipinski definition) is 3. The van der Waals surface area contributed by atoms with Crippen molar-refractivity contribution in [1.82, 2.24) is 15.7 Å². The number of hydrazone groups is 1. The van der Waals surface area contributed by atoms with E-state index >= 15 is 0 Å². The van der Waals surface area contributed by atoms with Crippen molar-refractivity contribution in [1.29, 1.82) is 0 Å². The molecule has 4 rings (SSSR count). The summed E-state index contributed by atoms with van der Waals surface area (Å²) in [5.41, 5.74) is 6.34. The van der Waals surface area contributed by atoms with Crippen LogP contribution in [0.15, 0.2) is 65.3 Å². The molecule has 0 aliphatic rings. The molecule has 0 unspecified atom stereocenters. The first-order chi connectivity index (χ1) is 17.3. The van der Waals surface area contributed by atoms with E-state index in [1.165, 1.54) is 11.3 Å². The zero-order valence-corrected chi connectivity index (χ0v) is 21.9. The van der Waals surface area contributed by atoms with E-state index in [0.29, 0.717) is 43.9 Å². The van der Waals surface area contributed by atoms with Gasteiger partial charge in [0.1, 0.15) is 5.75 Å². The number of rotatable bonds is 8. The first-order valence-electron chi connectivity index (χ1n) is 11.0. The molecule has 4 aromatic rings. The van der Waals surface area contributed by atoms with Crippen LogP contribution in [0.5, 0.6) is 5.75 Å². The summed E-state index contributed by atoms with van der Waals surface area (Å²) in [6, 6.07) is 12.6. The molecule has 10 heteroatoms. The first-order valence-corrected chi connectivity index (χ1v) is 13.1. The van der Waals surface area contributed by atoms with Crippen molar-refractivity contribution >= 4 is 51.8 Å². The number of benzene rings is 1. The molecule has 3 heterocycles. The largest absolute Gasteiger partial charge is 0.506 e. The van der Waals surface area contributed by atoms with Crippen LogP contribution in [0.3, 0.4) is 0 Å². The zero-order chi connectivity index (χ0) is 25.7. The predicted molar refractivity (Wildman–Crippen MR) is 145 cm³/mol. The molecule has 0 aliphatic carbocycles. The van der Waals surface area contributed by atoms with Crippen LogP contribution >= 0.6 is 34.3 Å². The average molecular weight is 539 g/mol. The summed E-state index contributed by atoms with van der Waals surface area (Å²) >= 11 is 8.58. The van der Waals surface area contributed by atoms with Crippen LogP contribution in [0.2, 0.25) is 5.02 Å². The van der Waals surface area contributed by atoms with Crippen LogP contribution in [-0.2, 0) is 6.42 Å². The second-order valence-electron chi connectivity index (χ2n) is 7.95. The Morgan fingerprint density at radius 3 is 2.53 bits per heavy atom. The Hall–Kier alpha value is -3.53. The van der Waals surface area contributed by atoms with Crippen molar-refractivity contribution in [3.63, 3.8) is 0 Å². The van der Waals surface area contributed by atoms with Crippen molar-refractivity contribution in [2.75, 3.05) is 6.54 Å². The van der Waals surface area contributed by atoms with Crippen molar-refractivity contribution in [3.8, 4) is 16.2 Å². The van der Waals surface area contributed by atoms with Crippen molar-refractivity contribution in [2.24, 2.45) is 5.10 Å². The number of aromatic nitrogens is 1. The van der Waals surface area contributed by atoms with Gasteiger partial charge in [0.2, 0.25) is 0 Å². The van der Waals surface area contributed by atoms with E-state index in [0.717, 1.165) is 28.0 Å². The van der Waals surface area contributed by atoms with Crippen LogP contribution in [0.25, 0.3) is 10.4 Å². The molecule has 184 valence electrons. The predicted octanol–water partition coefficient (Wildman–Crippen LogP) is 5.67. The number of hydrogen-bond acceptors (Lipinski definition) is 7. The second-order valence-corrected chi connectivity index (χ2v) is 10.3. The molecule has 0 radical (unpaired) electrons. The maximum absolute atomic E-state index is 12.6. The fourth-order valence-corrected chi connectivity index (χ4v) is 5.32. The molecule has 36 heavy (non-hydrogen) atoms.